The van der Waals surface area contributed by atoms with Gasteiger partial charge in [-0.05, 0) is 54.4 Å². The van der Waals surface area contributed by atoms with E-state index in [0.29, 0.717) is 12.1 Å². The monoisotopic (exact) mass is 414 g/mol. The van der Waals surface area contributed by atoms with Crippen molar-refractivity contribution in [2.24, 2.45) is 0 Å². The normalized spacial score (nSPS) is 11.3. The van der Waals surface area contributed by atoms with Crippen molar-refractivity contribution < 1.29 is 22.7 Å². The molecule has 0 aliphatic rings. The van der Waals surface area contributed by atoms with Crippen molar-refractivity contribution in [1.82, 2.24) is 4.98 Å². The first-order valence-corrected chi connectivity index (χ1v) is 10.6. The molecule has 3 rings (SSSR count). The van der Waals surface area contributed by atoms with Crippen LogP contribution in [0.4, 0.5) is 10.1 Å². The van der Waals surface area contributed by atoms with Crippen molar-refractivity contribution in [3.63, 3.8) is 0 Å². The Balaban J connectivity index is 1.93. The average Bonchev–Trinajstić information content (AvgIpc) is 2.68. The van der Waals surface area contributed by atoms with Crippen LogP contribution >= 0.6 is 0 Å². The largest absolute Gasteiger partial charge is 0.396 e. The first kappa shape index (κ1) is 20.6. The van der Waals surface area contributed by atoms with Gasteiger partial charge in [-0.1, -0.05) is 12.1 Å². The van der Waals surface area contributed by atoms with Crippen molar-refractivity contribution in [2.75, 3.05) is 18.2 Å². The smallest absolute Gasteiger partial charge is 0.255 e. The first-order valence-electron chi connectivity index (χ1n) is 8.75. The Hall–Kier alpha value is -3.10. The third-order valence-electron chi connectivity index (χ3n) is 4.22. The van der Waals surface area contributed by atoms with Gasteiger partial charge in [0.2, 0.25) is 0 Å². The number of benzene rings is 2. The number of hydrogen-bond donors (Lipinski definition) is 2. The van der Waals surface area contributed by atoms with Crippen LogP contribution in [0.15, 0.2) is 65.7 Å². The fraction of sp³-hybridized carbons (Fsp3) is 0.143. The zero-order chi connectivity index (χ0) is 21.0. The second kappa shape index (κ2) is 8.50. The van der Waals surface area contributed by atoms with Gasteiger partial charge < -0.3 is 10.4 Å². The van der Waals surface area contributed by atoms with E-state index in [1.165, 1.54) is 24.4 Å². The number of aromatic nitrogens is 1. The number of anilines is 1. The summed E-state index contributed by atoms with van der Waals surface area (Å²) in [7, 11) is -3.59. The lowest BCUT2D eigenvalue weighted by Crippen LogP contribution is -2.12. The molecule has 0 fully saturated rings. The van der Waals surface area contributed by atoms with E-state index in [-0.39, 0.29) is 28.3 Å². The van der Waals surface area contributed by atoms with Crippen LogP contribution in [0.2, 0.25) is 0 Å². The van der Waals surface area contributed by atoms with E-state index in [0.717, 1.165) is 24.0 Å². The molecule has 3 aromatic rings. The Morgan fingerprint density at radius 3 is 2.52 bits per heavy atom. The summed E-state index contributed by atoms with van der Waals surface area (Å²) in [6, 6.07) is 13.4. The van der Waals surface area contributed by atoms with Gasteiger partial charge in [0.25, 0.3) is 5.91 Å². The van der Waals surface area contributed by atoms with Crippen LogP contribution in [0, 0.1) is 5.82 Å². The molecule has 0 bridgehead atoms. The van der Waals surface area contributed by atoms with E-state index >= 15 is 0 Å². The molecule has 0 saturated heterocycles. The standard InChI is InChI=1S/C21H19FN2O4S/c1-29(27,28)19-3-2-9-23-20(19)15-11-16(13-17(22)12-15)21(26)24-18-6-4-14(5-7-18)8-10-25/h2-7,9,11-13,25H,8,10H2,1H3,(H,24,26). The number of nitrogens with one attached hydrogen (secondary N) is 1. The highest BCUT2D eigenvalue weighted by Crippen LogP contribution is 2.27. The van der Waals surface area contributed by atoms with Gasteiger partial charge in [-0.25, -0.2) is 12.8 Å². The number of carbonyl (C=O) groups is 1. The number of halogens is 1. The molecule has 1 aromatic heterocycles. The van der Waals surface area contributed by atoms with Crippen LogP contribution in [0.1, 0.15) is 15.9 Å². The summed E-state index contributed by atoms with van der Waals surface area (Å²) in [4.78, 5) is 16.6. The summed E-state index contributed by atoms with van der Waals surface area (Å²) in [5.41, 5.74) is 1.73. The summed E-state index contributed by atoms with van der Waals surface area (Å²) in [5.74, 6) is -1.23. The minimum Gasteiger partial charge on any atom is -0.396 e. The molecule has 150 valence electrons. The average molecular weight is 414 g/mol. The van der Waals surface area contributed by atoms with E-state index in [1.54, 1.807) is 24.3 Å². The van der Waals surface area contributed by atoms with Crippen LogP contribution in [0.5, 0.6) is 0 Å². The van der Waals surface area contributed by atoms with Crippen LogP contribution in [-0.4, -0.2) is 37.3 Å². The quantitative estimate of drug-likeness (QED) is 0.646. The van der Waals surface area contributed by atoms with Crippen molar-refractivity contribution >= 4 is 21.4 Å². The lowest BCUT2D eigenvalue weighted by molar-refractivity contribution is 0.102. The number of carbonyl (C=O) groups excluding carboxylic acids is 1. The van der Waals surface area contributed by atoms with Gasteiger partial charge in [0.1, 0.15) is 5.82 Å². The summed E-state index contributed by atoms with van der Waals surface area (Å²) >= 11 is 0. The van der Waals surface area contributed by atoms with Gasteiger partial charge in [0, 0.05) is 35.9 Å². The van der Waals surface area contributed by atoms with Gasteiger partial charge in [0.05, 0.1) is 10.6 Å². The van der Waals surface area contributed by atoms with Gasteiger partial charge in [0.15, 0.2) is 9.84 Å². The zero-order valence-electron chi connectivity index (χ0n) is 15.6. The van der Waals surface area contributed by atoms with Crippen LogP contribution < -0.4 is 5.32 Å². The summed E-state index contributed by atoms with van der Waals surface area (Å²) in [6.07, 6.45) is 2.96. The Labute approximate surface area is 168 Å². The predicted octanol–water partition coefficient (Wildman–Crippen LogP) is 3.08. The SMILES string of the molecule is CS(=O)(=O)c1cccnc1-c1cc(F)cc(C(=O)Nc2ccc(CCO)cc2)c1. The molecular formula is C21H19FN2O4S. The maximum Gasteiger partial charge on any atom is 0.255 e. The first-order chi connectivity index (χ1) is 13.8. The number of amides is 1. The van der Waals surface area contributed by atoms with E-state index in [9.17, 15) is 17.6 Å². The van der Waals surface area contributed by atoms with E-state index in [1.807, 2.05) is 0 Å². The van der Waals surface area contributed by atoms with Crippen LogP contribution in [0.25, 0.3) is 11.3 Å². The third kappa shape index (κ3) is 5.04. The maximum atomic E-state index is 14.2. The molecule has 0 aliphatic heterocycles. The second-order valence-electron chi connectivity index (χ2n) is 6.48. The molecule has 1 heterocycles. The molecule has 0 unspecified atom stereocenters. The second-order valence-corrected chi connectivity index (χ2v) is 8.46. The Morgan fingerprint density at radius 1 is 1.14 bits per heavy atom. The molecule has 0 spiro atoms. The molecule has 1 amide bonds. The Morgan fingerprint density at radius 2 is 1.86 bits per heavy atom. The molecule has 0 aliphatic carbocycles. The summed E-state index contributed by atoms with van der Waals surface area (Å²) in [6.45, 7) is 0.0285. The van der Waals surface area contributed by atoms with Crippen LogP contribution in [0.3, 0.4) is 0 Å². The zero-order valence-corrected chi connectivity index (χ0v) is 16.4. The molecule has 2 N–H and O–H groups in total. The number of rotatable bonds is 6. The number of pyridine rings is 1. The minimum atomic E-state index is -3.59. The highest BCUT2D eigenvalue weighted by molar-refractivity contribution is 7.90. The van der Waals surface area contributed by atoms with Crippen LogP contribution in [-0.2, 0) is 16.3 Å². The van der Waals surface area contributed by atoms with Crippen molar-refractivity contribution in [3.05, 3.63) is 77.7 Å². The van der Waals surface area contributed by atoms with Gasteiger partial charge in [-0.2, -0.15) is 0 Å². The Kier molecular flexibility index (Phi) is 6.05. The number of aliphatic hydroxyl groups excluding tert-OH is 1. The summed E-state index contributed by atoms with van der Waals surface area (Å²) in [5, 5.41) is 11.6. The van der Waals surface area contributed by atoms with Crippen molar-refractivity contribution in [2.45, 2.75) is 11.3 Å². The van der Waals surface area contributed by atoms with Crippen molar-refractivity contribution in [1.29, 1.82) is 0 Å². The van der Waals surface area contributed by atoms with Gasteiger partial charge >= 0.3 is 0 Å². The molecule has 0 saturated carbocycles. The van der Waals surface area contributed by atoms with Crippen molar-refractivity contribution in [3.8, 4) is 11.3 Å². The number of sulfone groups is 1. The minimum absolute atomic E-state index is 0.0285. The van der Waals surface area contributed by atoms with E-state index < -0.39 is 21.6 Å². The number of aliphatic hydroxyl groups is 1. The number of nitrogens with zero attached hydrogens (tertiary/aromatic N) is 1. The van der Waals surface area contributed by atoms with Gasteiger partial charge in [-0.15, -0.1) is 0 Å². The molecule has 6 nitrogen and oxygen atoms in total. The highest BCUT2D eigenvalue weighted by atomic mass is 32.2. The molecule has 0 radical (unpaired) electrons. The van der Waals surface area contributed by atoms with Gasteiger partial charge in [-0.3, -0.25) is 9.78 Å². The molecule has 2 aromatic carbocycles. The fourth-order valence-corrected chi connectivity index (χ4v) is 3.70. The van der Waals surface area contributed by atoms with E-state index in [4.69, 9.17) is 5.11 Å². The molecular weight excluding hydrogens is 395 g/mol. The highest BCUT2D eigenvalue weighted by Gasteiger charge is 2.18. The predicted molar refractivity (Wildman–Crippen MR) is 108 cm³/mol. The fourth-order valence-electron chi connectivity index (χ4n) is 2.85. The Bertz CT molecular complexity index is 1150. The van der Waals surface area contributed by atoms with E-state index in [2.05, 4.69) is 10.3 Å². The summed E-state index contributed by atoms with van der Waals surface area (Å²) < 4.78 is 38.2. The third-order valence-corrected chi connectivity index (χ3v) is 5.34. The molecule has 8 heteroatoms. The lowest BCUT2D eigenvalue weighted by Gasteiger charge is -2.10. The topological polar surface area (TPSA) is 96.4 Å². The number of hydrogen-bond acceptors (Lipinski definition) is 5. The molecule has 29 heavy (non-hydrogen) atoms. The molecule has 0 atom stereocenters. The maximum absolute atomic E-state index is 14.2. The lowest BCUT2D eigenvalue weighted by atomic mass is 10.1.